The van der Waals surface area contributed by atoms with Crippen molar-refractivity contribution in [2.45, 2.75) is 26.7 Å². The number of nitrogens with two attached hydrogens (primary N) is 1. The Kier molecular flexibility index (Phi) is 4.97. The minimum absolute atomic E-state index is 0.553. The monoisotopic (exact) mass is 309 g/mol. The molecule has 5 heteroatoms. The molecule has 0 unspecified atom stereocenters. The molecule has 3 nitrogen and oxygen atoms in total. The van der Waals surface area contributed by atoms with E-state index in [1.165, 1.54) is 0 Å². The SMILES string of the molecule is Cc1nc(Cc2ccc(Cl)c(Cl)c2)nc(C)c1CCN. The van der Waals surface area contributed by atoms with Crippen LogP contribution in [0.2, 0.25) is 10.0 Å². The highest BCUT2D eigenvalue weighted by Crippen LogP contribution is 2.23. The summed E-state index contributed by atoms with van der Waals surface area (Å²) in [5.74, 6) is 0.791. The minimum atomic E-state index is 0.553. The molecular weight excluding hydrogens is 293 g/mol. The first kappa shape index (κ1) is 15.2. The maximum atomic E-state index is 6.02. The summed E-state index contributed by atoms with van der Waals surface area (Å²) in [7, 11) is 0. The van der Waals surface area contributed by atoms with Gasteiger partial charge in [0, 0.05) is 17.8 Å². The quantitative estimate of drug-likeness (QED) is 0.940. The predicted molar refractivity (Wildman–Crippen MR) is 83.5 cm³/mol. The molecule has 20 heavy (non-hydrogen) atoms. The Bertz CT molecular complexity index is 604. The van der Waals surface area contributed by atoms with E-state index in [0.29, 0.717) is 23.0 Å². The molecule has 0 spiro atoms. The molecule has 2 aromatic rings. The molecular formula is C15H17Cl2N3. The summed E-state index contributed by atoms with van der Waals surface area (Å²) in [4.78, 5) is 9.11. The molecule has 0 aliphatic heterocycles. The van der Waals surface area contributed by atoms with Crippen molar-refractivity contribution in [1.29, 1.82) is 0 Å². The number of hydrogen-bond acceptors (Lipinski definition) is 3. The normalized spacial score (nSPS) is 10.8. The van der Waals surface area contributed by atoms with Crippen LogP contribution < -0.4 is 5.73 Å². The molecule has 0 bridgehead atoms. The van der Waals surface area contributed by atoms with Crippen LogP contribution in [-0.2, 0) is 12.8 Å². The molecule has 0 aliphatic carbocycles. The zero-order valence-electron chi connectivity index (χ0n) is 11.6. The number of halogens is 2. The maximum absolute atomic E-state index is 6.02. The van der Waals surface area contributed by atoms with Crippen LogP contribution in [0, 0.1) is 13.8 Å². The first-order valence-electron chi connectivity index (χ1n) is 6.48. The van der Waals surface area contributed by atoms with Gasteiger partial charge in [0.05, 0.1) is 10.0 Å². The minimum Gasteiger partial charge on any atom is -0.330 e. The molecule has 0 atom stereocenters. The van der Waals surface area contributed by atoms with Crippen LogP contribution in [0.25, 0.3) is 0 Å². The number of aryl methyl sites for hydroxylation is 2. The van der Waals surface area contributed by atoms with E-state index in [0.717, 1.165) is 34.8 Å². The fourth-order valence-electron chi connectivity index (χ4n) is 2.23. The Morgan fingerprint density at radius 2 is 1.70 bits per heavy atom. The van der Waals surface area contributed by atoms with Gasteiger partial charge in [-0.25, -0.2) is 9.97 Å². The van der Waals surface area contributed by atoms with Crippen molar-refractivity contribution in [2.75, 3.05) is 6.54 Å². The van der Waals surface area contributed by atoms with Gasteiger partial charge in [-0.1, -0.05) is 29.3 Å². The van der Waals surface area contributed by atoms with Gasteiger partial charge >= 0.3 is 0 Å². The number of nitrogens with zero attached hydrogens (tertiary/aromatic N) is 2. The van der Waals surface area contributed by atoms with Crippen molar-refractivity contribution in [1.82, 2.24) is 9.97 Å². The Morgan fingerprint density at radius 3 is 2.25 bits per heavy atom. The molecule has 0 aliphatic rings. The molecule has 2 rings (SSSR count). The van der Waals surface area contributed by atoms with Gasteiger partial charge in [0.2, 0.25) is 0 Å². The number of aromatic nitrogens is 2. The third-order valence-electron chi connectivity index (χ3n) is 3.21. The van der Waals surface area contributed by atoms with Gasteiger partial charge < -0.3 is 5.73 Å². The Balaban J connectivity index is 2.27. The number of hydrogen-bond donors (Lipinski definition) is 1. The highest BCUT2D eigenvalue weighted by atomic mass is 35.5. The molecule has 0 fully saturated rings. The summed E-state index contributed by atoms with van der Waals surface area (Å²) in [5.41, 5.74) is 9.79. The fraction of sp³-hybridized carbons (Fsp3) is 0.333. The van der Waals surface area contributed by atoms with E-state index < -0.39 is 0 Å². The summed E-state index contributed by atoms with van der Waals surface area (Å²) >= 11 is 11.9. The highest BCUT2D eigenvalue weighted by molar-refractivity contribution is 6.42. The van der Waals surface area contributed by atoms with E-state index in [9.17, 15) is 0 Å². The van der Waals surface area contributed by atoms with Crippen LogP contribution in [-0.4, -0.2) is 16.5 Å². The van der Waals surface area contributed by atoms with Crippen LogP contribution >= 0.6 is 23.2 Å². The van der Waals surface area contributed by atoms with E-state index in [1.807, 2.05) is 26.0 Å². The molecule has 0 amide bonds. The molecule has 1 heterocycles. The van der Waals surface area contributed by atoms with Crippen LogP contribution in [0.1, 0.15) is 28.3 Å². The van der Waals surface area contributed by atoms with E-state index in [1.54, 1.807) is 6.07 Å². The fourth-order valence-corrected chi connectivity index (χ4v) is 2.55. The van der Waals surface area contributed by atoms with Crippen molar-refractivity contribution in [2.24, 2.45) is 5.73 Å². The Morgan fingerprint density at radius 1 is 1.05 bits per heavy atom. The van der Waals surface area contributed by atoms with Crippen LogP contribution in [0.5, 0.6) is 0 Å². The van der Waals surface area contributed by atoms with Crippen molar-refractivity contribution in [3.05, 3.63) is 56.6 Å². The van der Waals surface area contributed by atoms with Crippen LogP contribution in [0.4, 0.5) is 0 Å². The average Bonchev–Trinajstić information content (AvgIpc) is 2.38. The second-order valence-corrected chi connectivity index (χ2v) is 5.57. The van der Waals surface area contributed by atoms with Crippen LogP contribution in [0.3, 0.4) is 0 Å². The zero-order valence-corrected chi connectivity index (χ0v) is 13.1. The number of rotatable bonds is 4. The first-order chi connectivity index (χ1) is 9.51. The lowest BCUT2D eigenvalue weighted by Crippen LogP contribution is -2.10. The maximum Gasteiger partial charge on any atom is 0.133 e. The topological polar surface area (TPSA) is 51.8 Å². The van der Waals surface area contributed by atoms with Gasteiger partial charge in [0.25, 0.3) is 0 Å². The lowest BCUT2D eigenvalue weighted by molar-refractivity contribution is 0.851. The molecule has 1 aromatic heterocycles. The van der Waals surface area contributed by atoms with Crippen molar-refractivity contribution >= 4 is 23.2 Å². The highest BCUT2D eigenvalue weighted by Gasteiger charge is 2.09. The lowest BCUT2D eigenvalue weighted by atomic mass is 10.1. The molecule has 106 valence electrons. The van der Waals surface area contributed by atoms with E-state index in [2.05, 4.69) is 9.97 Å². The van der Waals surface area contributed by atoms with E-state index in [-0.39, 0.29) is 0 Å². The van der Waals surface area contributed by atoms with Gasteiger partial charge in [-0.2, -0.15) is 0 Å². The van der Waals surface area contributed by atoms with E-state index >= 15 is 0 Å². The van der Waals surface area contributed by atoms with Crippen molar-refractivity contribution in [3.8, 4) is 0 Å². The second kappa shape index (κ2) is 6.53. The van der Waals surface area contributed by atoms with Gasteiger partial charge in [0.1, 0.15) is 5.82 Å². The van der Waals surface area contributed by atoms with Gasteiger partial charge in [-0.05, 0) is 50.1 Å². The van der Waals surface area contributed by atoms with Crippen molar-refractivity contribution in [3.63, 3.8) is 0 Å². The van der Waals surface area contributed by atoms with Crippen LogP contribution in [0.15, 0.2) is 18.2 Å². The molecule has 0 saturated carbocycles. The van der Waals surface area contributed by atoms with Gasteiger partial charge in [-0.15, -0.1) is 0 Å². The Labute approximate surface area is 129 Å². The predicted octanol–water partition coefficient (Wildman–Crippen LogP) is 3.49. The van der Waals surface area contributed by atoms with E-state index in [4.69, 9.17) is 28.9 Å². The van der Waals surface area contributed by atoms with Crippen molar-refractivity contribution < 1.29 is 0 Å². The average molecular weight is 310 g/mol. The summed E-state index contributed by atoms with van der Waals surface area (Å²) in [5, 5.41) is 1.11. The van der Waals surface area contributed by atoms with Gasteiger partial charge in [0.15, 0.2) is 0 Å². The summed E-state index contributed by atoms with van der Waals surface area (Å²) in [6, 6.07) is 5.59. The zero-order chi connectivity index (χ0) is 14.7. The lowest BCUT2D eigenvalue weighted by Gasteiger charge is -2.10. The molecule has 0 saturated heterocycles. The smallest absolute Gasteiger partial charge is 0.133 e. The van der Waals surface area contributed by atoms with Gasteiger partial charge in [-0.3, -0.25) is 0 Å². The Hall–Kier alpha value is -1.16. The molecule has 1 aromatic carbocycles. The summed E-state index contributed by atoms with van der Waals surface area (Å²) in [6.07, 6.45) is 1.45. The summed E-state index contributed by atoms with van der Waals surface area (Å²) < 4.78 is 0. The third kappa shape index (κ3) is 3.48. The first-order valence-corrected chi connectivity index (χ1v) is 7.24. The molecule has 0 radical (unpaired) electrons. The second-order valence-electron chi connectivity index (χ2n) is 4.75. The standard InChI is InChI=1S/C15H17Cl2N3/c1-9-12(5-6-18)10(2)20-15(19-9)8-11-3-4-13(16)14(17)7-11/h3-4,7H,5-6,8,18H2,1-2H3. The molecule has 2 N–H and O–H groups in total. The largest absolute Gasteiger partial charge is 0.330 e. The summed E-state index contributed by atoms with van der Waals surface area (Å²) in [6.45, 7) is 4.60. The number of benzene rings is 1. The third-order valence-corrected chi connectivity index (χ3v) is 3.95.